The monoisotopic (exact) mass is 477 g/mol. The molecule has 2 aromatic rings. The molecule has 4 rings (SSSR count). The van der Waals surface area contributed by atoms with Crippen molar-refractivity contribution in [3.8, 4) is 5.75 Å². The fourth-order valence-electron chi connectivity index (χ4n) is 3.77. The normalized spacial score (nSPS) is 19.1. The molecule has 0 saturated carbocycles. The molecule has 0 bridgehead atoms. The highest BCUT2D eigenvalue weighted by Crippen LogP contribution is 2.33. The number of benzene rings is 2. The molecular weight excluding hydrogens is 454 g/mol. The van der Waals surface area contributed by atoms with Crippen LogP contribution in [-0.4, -0.2) is 61.7 Å². The third-order valence-electron chi connectivity index (χ3n) is 5.64. The van der Waals surface area contributed by atoms with Gasteiger partial charge in [-0.3, -0.25) is 9.59 Å². The van der Waals surface area contributed by atoms with Crippen LogP contribution in [0.4, 0.5) is 5.69 Å². The van der Waals surface area contributed by atoms with E-state index in [1.165, 1.54) is 16.4 Å². The molecule has 8 nitrogen and oxygen atoms in total. The number of carbonyl (C=O) groups excluding carboxylic acids is 2. The van der Waals surface area contributed by atoms with Gasteiger partial charge in [0.05, 0.1) is 17.0 Å². The first-order valence-corrected chi connectivity index (χ1v) is 12.2. The van der Waals surface area contributed by atoms with Crippen LogP contribution >= 0.6 is 11.6 Å². The minimum atomic E-state index is -3.77. The van der Waals surface area contributed by atoms with Gasteiger partial charge in [-0.25, -0.2) is 8.42 Å². The molecule has 170 valence electrons. The van der Waals surface area contributed by atoms with Crippen molar-refractivity contribution < 1.29 is 22.7 Å². The van der Waals surface area contributed by atoms with Crippen molar-refractivity contribution in [2.45, 2.75) is 30.8 Å². The molecule has 0 radical (unpaired) electrons. The fourth-order valence-corrected chi connectivity index (χ4v) is 5.35. The van der Waals surface area contributed by atoms with Gasteiger partial charge in [0.1, 0.15) is 5.75 Å². The van der Waals surface area contributed by atoms with E-state index in [4.69, 9.17) is 16.3 Å². The summed E-state index contributed by atoms with van der Waals surface area (Å²) in [6.45, 7) is 2.87. The molecule has 32 heavy (non-hydrogen) atoms. The van der Waals surface area contributed by atoms with Crippen molar-refractivity contribution in [1.82, 2.24) is 9.21 Å². The SMILES string of the molecule is CC[C@H]1Oc2ccc(S(=O)(=O)N3CCN(C(=O)Cc4ccc(Cl)cc4)CC3)cc2NC1=O. The molecule has 1 saturated heterocycles. The number of piperazine rings is 1. The van der Waals surface area contributed by atoms with E-state index in [1.807, 2.05) is 19.1 Å². The molecule has 0 aliphatic carbocycles. The van der Waals surface area contributed by atoms with Crippen LogP contribution in [0.1, 0.15) is 18.9 Å². The molecule has 2 aliphatic rings. The molecular formula is C22H24ClN3O5S. The summed E-state index contributed by atoms with van der Waals surface area (Å²) >= 11 is 5.88. The molecule has 0 unspecified atom stereocenters. The van der Waals surface area contributed by atoms with Crippen LogP contribution in [0.3, 0.4) is 0 Å². The Hall–Kier alpha value is -2.62. The Bertz CT molecular complexity index is 1130. The zero-order valence-electron chi connectivity index (χ0n) is 17.6. The zero-order chi connectivity index (χ0) is 22.9. The maximum atomic E-state index is 13.1. The van der Waals surface area contributed by atoms with E-state index in [0.717, 1.165) is 5.56 Å². The molecule has 2 heterocycles. The van der Waals surface area contributed by atoms with Crippen LogP contribution in [0.25, 0.3) is 0 Å². The fraction of sp³-hybridized carbons (Fsp3) is 0.364. The summed E-state index contributed by atoms with van der Waals surface area (Å²) in [6.07, 6.45) is 0.183. The van der Waals surface area contributed by atoms with E-state index in [9.17, 15) is 18.0 Å². The highest BCUT2D eigenvalue weighted by Gasteiger charge is 2.32. The van der Waals surface area contributed by atoms with E-state index in [1.54, 1.807) is 23.1 Å². The highest BCUT2D eigenvalue weighted by molar-refractivity contribution is 7.89. The molecule has 0 spiro atoms. The van der Waals surface area contributed by atoms with Gasteiger partial charge in [-0.1, -0.05) is 30.7 Å². The van der Waals surface area contributed by atoms with Crippen molar-refractivity contribution >= 4 is 39.1 Å². The van der Waals surface area contributed by atoms with Crippen LogP contribution in [0.2, 0.25) is 5.02 Å². The molecule has 2 amide bonds. The smallest absolute Gasteiger partial charge is 0.265 e. The first kappa shape index (κ1) is 22.6. The number of fused-ring (bicyclic) bond motifs is 1. The van der Waals surface area contributed by atoms with Crippen LogP contribution < -0.4 is 10.1 Å². The highest BCUT2D eigenvalue weighted by atomic mass is 35.5. The van der Waals surface area contributed by atoms with Gasteiger partial charge in [-0.15, -0.1) is 0 Å². The molecule has 0 aromatic heterocycles. The zero-order valence-corrected chi connectivity index (χ0v) is 19.2. The lowest BCUT2D eigenvalue weighted by atomic mass is 10.1. The van der Waals surface area contributed by atoms with Crippen molar-refractivity contribution in [3.63, 3.8) is 0 Å². The second-order valence-corrected chi connectivity index (χ2v) is 10.1. The minimum Gasteiger partial charge on any atom is -0.478 e. The van der Waals surface area contributed by atoms with Crippen LogP contribution in [0.15, 0.2) is 47.4 Å². The Kier molecular flexibility index (Phi) is 6.41. The second-order valence-electron chi connectivity index (χ2n) is 7.75. The largest absolute Gasteiger partial charge is 0.478 e. The Balaban J connectivity index is 1.41. The maximum Gasteiger partial charge on any atom is 0.265 e. The summed E-state index contributed by atoms with van der Waals surface area (Å²) < 4.78 is 33.3. The summed E-state index contributed by atoms with van der Waals surface area (Å²) in [4.78, 5) is 26.4. The lowest BCUT2D eigenvalue weighted by Crippen LogP contribution is -2.50. The Morgan fingerprint density at radius 1 is 1.12 bits per heavy atom. The van der Waals surface area contributed by atoms with Crippen molar-refractivity contribution in [3.05, 3.63) is 53.1 Å². The van der Waals surface area contributed by atoms with Gasteiger partial charge in [0.25, 0.3) is 5.91 Å². The molecule has 2 aliphatic heterocycles. The number of carbonyl (C=O) groups is 2. The first-order chi connectivity index (χ1) is 15.3. The molecule has 1 N–H and O–H groups in total. The molecule has 1 fully saturated rings. The predicted molar refractivity (Wildman–Crippen MR) is 120 cm³/mol. The number of sulfonamides is 1. The number of amides is 2. The second kappa shape index (κ2) is 9.09. The number of nitrogens with one attached hydrogen (secondary N) is 1. The minimum absolute atomic E-state index is 0.0523. The molecule has 1 atom stereocenters. The third kappa shape index (κ3) is 4.60. The van der Waals surface area contributed by atoms with Crippen LogP contribution in [0.5, 0.6) is 5.75 Å². The van der Waals surface area contributed by atoms with E-state index >= 15 is 0 Å². The average molecular weight is 478 g/mol. The van der Waals surface area contributed by atoms with Crippen LogP contribution in [0, 0.1) is 0 Å². The quantitative estimate of drug-likeness (QED) is 0.713. The number of hydrogen-bond donors (Lipinski definition) is 1. The van der Waals surface area contributed by atoms with E-state index in [-0.39, 0.29) is 36.2 Å². The number of ether oxygens (including phenoxy) is 1. The standard InChI is InChI=1S/C22H24ClN3O5S/c1-2-19-22(28)24-18-14-17(7-8-20(18)31-19)32(29,30)26-11-9-25(10-12-26)21(27)13-15-3-5-16(23)6-4-15/h3-8,14,19H,2,9-13H2,1H3,(H,24,28)/t19-/m1/s1. The lowest BCUT2D eigenvalue weighted by molar-refractivity contribution is -0.131. The van der Waals surface area contributed by atoms with Gasteiger partial charge >= 0.3 is 0 Å². The van der Waals surface area contributed by atoms with Gasteiger partial charge < -0.3 is 15.0 Å². The summed E-state index contributed by atoms with van der Waals surface area (Å²) in [5, 5.41) is 3.33. The lowest BCUT2D eigenvalue weighted by Gasteiger charge is -2.34. The third-order valence-corrected chi connectivity index (χ3v) is 7.79. The van der Waals surface area contributed by atoms with E-state index in [2.05, 4.69) is 5.32 Å². The van der Waals surface area contributed by atoms with Gasteiger partial charge in [0.15, 0.2) is 6.10 Å². The number of nitrogens with zero attached hydrogens (tertiary/aromatic N) is 2. The van der Waals surface area contributed by atoms with Crippen molar-refractivity contribution in [1.29, 1.82) is 0 Å². The molecule has 2 aromatic carbocycles. The van der Waals surface area contributed by atoms with E-state index < -0.39 is 16.1 Å². The van der Waals surface area contributed by atoms with Crippen LogP contribution in [-0.2, 0) is 26.0 Å². The van der Waals surface area contributed by atoms with E-state index in [0.29, 0.717) is 36.0 Å². The van der Waals surface area contributed by atoms with Gasteiger partial charge in [0.2, 0.25) is 15.9 Å². The Labute approximate surface area is 192 Å². The average Bonchev–Trinajstić information content (AvgIpc) is 2.79. The van der Waals surface area contributed by atoms with Crippen molar-refractivity contribution in [2.75, 3.05) is 31.5 Å². The van der Waals surface area contributed by atoms with Gasteiger partial charge in [-0.05, 0) is 42.3 Å². The summed E-state index contributed by atoms with van der Waals surface area (Å²) in [7, 11) is -3.77. The van der Waals surface area contributed by atoms with Crippen molar-refractivity contribution in [2.24, 2.45) is 0 Å². The van der Waals surface area contributed by atoms with Gasteiger partial charge in [0, 0.05) is 31.2 Å². The summed E-state index contributed by atoms with van der Waals surface area (Å²) in [5.41, 5.74) is 1.20. The predicted octanol–water partition coefficient (Wildman–Crippen LogP) is 2.53. The summed E-state index contributed by atoms with van der Waals surface area (Å²) in [5.74, 6) is 0.110. The summed E-state index contributed by atoms with van der Waals surface area (Å²) in [6, 6.07) is 11.6. The topological polar surface area (TPSA) is 96.0 Å². The number of rotatable bonds is 5. The first-order valence-electron chi connectivity index (χ1n) is 10.4. The van der Waals surface area contributed by atoms with Gasteiger partial charge in [-0.2, -0.15) is 4.31 Å². The number of anilines is 1. The molecule has 10 heteroatoms. The Morgan fingerprint density at radius 3 is 2.47 bits per heavy atom. The Morgan fingerprint density at radius 2 is 1.81 bits per heavy atom. The maximum absolute atomic E-state index is 13.1. The number of halogens is 1. The number of hydrogen-bond acceptors (Lipinski definition) is 5.